The summed E-state index contributed by atoms with van der Waals surface area (Å²) < 4.78 is 11.8. The maximum Gasteiger partial charge on any atom is 0.337 e. The van der Waals surface area contributed by atoms with E-state index in [0.717, 1.165) is 5.56 Å². The standard InChI is InChI=1S/C35H49N3O7Si/c1-23(2)44-34(43)32(41)28(20-26-16-12-10-13-17-26)36-30(40)22-38-29(27-18-14-11-15-19-27)21-37(25(4)39)31(33(38)42)24(3)45-46(8,9)35(5,6)7/h10-19,21,23-24,28,31-32,41H,20,22H2,1-9H3,(H,36,40)/t24?,28-,31?,32?/m0/s1. The van der Waals surface area contributed by atoms with Crippen LogP contribution in [0.3, 0.4) is 0 Å². The summed E-state index contributed by atoms with van der Waals surface area (Å²) in [7, 11) is -2.36. The molecule has 3 unspecified atom stereocenters. The molecular weight excluding hydrogens is 602 g/mol. The van der Waals surface area contributed by atoms with Gasteiger partial charge in [-0.25, -0.2) is 4.79 Å². The van der Waals surface area contributed by atoms with Gasteiger partial charge in [0, 0.05) is 13.1 Å². The van der Waals surface area contributed by atoms with Crippen LogP contribution in [0.4, 0.5) is 0 Å². The average Bonchev–Trinajstić information content (AvgIpc) is 2.96. The highest BCUT2D eigenvalue weighted by Crippen LogP contribution is 2.39. The van der Waals surface area contributed by atoms with Crippen LogP contribution in [0.25, 0.3) is 5.70 Å². The number of carbonyl (C=O) groups is 4. The molecule has 0 aromatic heterocycles. The van der Waals surface area contributed by atoms with E-state index in [-0.39, 0.29) is 17.4 Å². The van der Waals surface area contributed by atoms with Gasteiger partial charge in [-0.3, -0.25) is 19.3 Å². The molecule has 0 radical (unpaired) electrons. The van der Waals surface area contributed by atoms with Crippen molar-refractivity contribution in [3.63, 3.8) is 0 Å². The number of ether oxygens (including phenoxy) is 1. The Kier molecular flexibility index (Phi) is 12.1. The van der Waals surface area contributed by atoms with Crippen molar-refractivity contribution in [2.45, 2.75) is 103 Å². The topological polar surface area (TPSA) is 125 Å². The quantitative estimate of drug-likeness (QED) is 0.256. The summed E-state index contributed by atoms with van der Waals surface area (Å²) in [5.41, 5.74) is 1.79. The van der Waals surface area contributed by atoms with Gasteiger partial charge in [0.2, 0.25) is 11.8 Å². The smallest absolute Gasteiger partial charge is 0.337 e. The molecule has 3 rings (SSSR count). The van der Waals surface area contributed by atoms with Crippen LogP contribution in [0.2, 0.25) is 18.1 Å². The van der Waals surface area contributed by atoms with E-state index < -0.39 is 63.0 Å². The first-order valence-corrected chi connectivity index (χ1v) is 18.6. The van der Waals surface area contributed by atoms with Crippen molar-refractivity contribution >= 4 is 37.7 Å². The fourth-order valence-corrected chi connectivity index (χ4v) is 6.49. The molecule has 4 atom stereocenters. The maximum atomic E-state index is 14.4. The van der Waals surface area contributed by atoms with Gasteiger partial charge in [-0.05, 0) is 56.5 Å². The molecule has 46 heavy (non-hydrogen) atoms. The minimum Gasteiger partial charge on any atom is -0.461 e. The molecule has 0 aliphatic carbocycles. The number of esters is 1. The molecule has 2 aromatic carbocycles. The van der Waals surface area contributed by atoms with Crippen molar-refractivity contribution in [1.82, 2.24) is 15.1 Å². The average molecular weight is 652 g/mol. The van der Waals surface area contributed by atoms with Crippen LogP contribution < -0.4 is 5.32 Å². The Morgan fingerprint density at radius 1 is 0.978 bits per heavy atom. The van der Waals surface area contributed by atoms with Gasteiger partial charge in [-0.2, -0.15) is 0 Å². The number of hydrogen-bond acceptors (Lipinski definition) is 7. The molecule has 0 saturated heterocycles. The number of nitrogens with zero attached hydrogens (tertiary/aromatic N) is 2. The normalized spacial score (nSPS) is 17.7. The van der Waals surface area contributed by atoms with Gasteiger partial charge >= 0.3 is 5.97 Å². The Morgan fingerprint density at radius 3 is 2.07 bits per heavy atom. The van der Waals surface area contributed by atoms with E-state index in [1.165, 1.54) is 16.7 Å². The lowest BCUT2D eigenvalue weighted by molar-refractivity contribution is -0.159. The third kappa shape index (κ3) is 9.14. The molecule has 10 nitrogen and oxygen atoms in total. The minimum absolute atomic E-state index is 0.143. The number of hydrogen-bond donors (Lipinski definition) is 2. The van der Waals surface area contributed by atoms with Gasteiger partial charge in [-0.1, -0.05) is 81.4 Å². The monoisotopic (exact) mass is 651 g/mol. The lowest BCUT2D eigenvalue weighted by Crippen LogP contribution is -2.60. The number of rotatable bonds is 12. The zero-order chi connectivity index (χ0) is 34.4. The Hall–Kier alpha value is -3.80. The second-order valence-corrected chi connectivity index (χ2v) is 18.3. The summed E-state index contributed by atoms with van der Waals surface area (Å²) in [6, 6.07) is 16.1. The summed E-state index contributed by atoms with van der Waals surface area (Å²) >= 11 is 0. The summed E-state index contributed by atoms with van der Waals surface area (Å²) in [6.45, 7) is 16.5. The number of amides is 3. The molecular formula is C35H49N3O7Si. The number of carbonyl (C=O) groups excluding carboxylic acids is 4. The second-order valence-electron chi connectivity index (χ2n) is 13.6. The lowest BCUT2D eigenvalue weighted by atomic mass is 10.0. The summed E-state index contributed by atoms with van der Waals surface area (Å²) in [6.07, 6.45) is -1.04. The molecule has 0 spiro atoms. The zero-order valence-electron chi connectivity index (χ0n) is 28.4. The van der Waals surface area contributed by atoms with Crippen LogP contribution in [-0.2, 0) is 34.8 Å². The van der Waals surface area contributed by atoms with Gasteiger partial charge in [0.15, 0.2) is 14.4 Å². The lowest BCUT2D eigenvalue weighted by Gasteiger charge is -2.45. The second kappa shape index (κ2) is 15.2. The molecule has 0 saturated carbocycles. The molecule has 250 valence electrons. The van der Waals surface area contributed by atoms with Gasteiger partial charge < -0.3 is 24.5 Å². The van der Waals surface area contributed by atoms with E-state index in [4.69, 9.17) is 9.16 Å². The van der Waals surface area contributed by atoms with Crippen molar-refractivity contribution in [3.8, 4) is 0 Å². The molecule has 2 aromatic rings. The Bertz CT molecular complexity index is 1410. The fraction of sp³-hybridized carbons (Fsp3) is 0.486. The summed E-state index contributed by atoms with van der Waals surface area (Å²) in [4.78, 5) is 56.6. The van der Waals surface area contributed by atoms with E-state index in [1.54, 1.807) is 51.2 Å². The van der Waals surface area contributed by atoms with Crippen molar-refractivity contribution in [1.29, 1.82) is 0 Å². The van der Waals surface area contributed by atoms with E-state index >= 15 is 0 Å². The highest BCUT2D eigenvalue weighted by atomic mass is 28.4. The third-order valence-corrected chi connectivity index (χ3v) is 13.0. The molecule has 1 aliphatic rings. The van der Waals surface area contributed by atoms with E-state index in [9.17, 15) is 24.3 Å². The molecule has 3 amide bonds. The molecule has 0 fully saturated rings. The van der Waals surface area contributed by atoms with E-state index in [2.05, 4.69) is 39.2 Å². The first-order chi connectivity index (χ1) is 21.4. The molecule has 1 heterocycles. The Balaban J connectivity index is 1.99. The van der Waals surface area contributed by atoms with E-state index in [0.29, 0.717) is 11.3 Å². The largest absolute Gasteiger partial charge is 0.461 e. The van der Waals surface area contributed by atoms with Crippen molar-refractivity contribution in [3.05, 3.63) is 78.0 Å². The summed E-state index contributed by atoms with van der Waals surface area (Å²) in [5.74, 6) is -2.27. The fourth-order valence-electron chi connectivity index (χ4n) is 5.07. The predicted molar refractivity (Wildman–Crippen MR) is 179 cm³/mol. The van der Waals surface area contributed by atoms with Gasteiger partial charge in [0.25, 0.3) is 5.91 Å². The van der Waals surface area contributed by atoms with Gasteiger partial charge in [0.1, 0.15) is 12.6 Å². The van der Waals surface area contributed by atoms with Gasteiger partial charge in [0.05, 0.1) is 23.9 Å². The molecule has 2 N–H and O–H groups in total. The summed E-state index contributed by atoms with van der Waals surface area (Å²) in [5, 5.41) is 13.6. The van der Waals surface area contributed by atoms with Crippen molar-refractivity contribution in [2.24, 2.45) is 0 Å². The van der Waals surface area contributed by atoms with Crippen LogP contribution in [-0.4, -0.2) is 83.9 Å². The first-order valence-electron chi connectivity index (χ1n) is 15.7. The number of aliphatic hydroxyl groups excluding tert-OH is 1. The first kappa shape index (κ1) is 36.7. The SMILES string of the molecule is CC(=O)N1C=C(c2ccccc2)N(CC(=O)N[C@@H](Cc2ccccc2)C(O)C(=O)OC(C)C)C(=O)C1C(C)O[Si](C)(C)C(C)(C)C. The van der Waals surface area contributed by atoms with Gasteiger partial charge in [-0.15, -0.1) is 0 Å². The zero-order valence-corrected chi connectivity index (χ0v) is 29.4. The number of nitrogens with one attached hydrogen (secondary N) is 1. The van der Waals surface area contributed by atoms with Crippen LogP contribution in [0.15, 0.2) is 66.9 Å². The molecule has 11 heteroatoms. The highest BCUT2D eigenvalue weighted by Gasteiger charge is 2.46. The number of benzene rings is 2. The van der Waals surface area contributed by atoms with Crippen molar-refractivity contribution in [2.75, 3.05) is 6.54 Å². The Labute approximate surface area is 273 Å². The Morgan fingerprint density at radius 2 is 1.54 bits per heavy atom. The molecule has 1 aliphatic heterocycles. The van der Waals surface area contributed by atoms with Crippen LogP contribution in [0, 0.1) is 0 Å². The highest BCUT2D eigenvalue weighted by molar-refractivity contribution is 6.74. The van der Waals surface area contributed by atoms with Crippen LogP contribution in [0.5, 0.6) is 0 Å². The van der Waals surface area contributed by atoms with Crippen molar-refractivity contribution < 1.29 is 33.4 Å². The maximum absolute atomic E-state index is 14.4. The molecule has 0 bridgehead atoms. The van der Waals surface area contributed by atoms with Crippen LogP contribution >= 0.6 is 0 Å². The minimum atomic E-state index is -2.36. The third-order valence-electron chi connectivity index (χ3n) is 8.46. The van der Waals surface area contributed by atoms with E-state index in [1.807, 2.05) is 36.4 Å². The van der Waals surface area contributed by atoms with Crippen LogP contribution in [0.1, 0.15) is 59.6 Å². The number of aliphatic hydroxyl groups is 1. The predicted octanol–water partition coefficient (Wildman–Crippen LogP) is 4.49.